The molecule has 4 heteroatoms. The Balaban J connectivity index is 1.80. The Morgan fingerprint density at radius 3 is 2.70 bits per heavy atom. The molecule has 2 N–H and O–H groups in total. The van der Waals surface area contributed by atoms with Gasteiger partial charge in [0.15, 0.2) is 0 Å². The van der Waals surface area contributed by atoms with Crippen LogP contribution >= 0.6 is 0 Å². The summed E-state index contributed by atoms with van der Waals surface area (Å²) in [6.07, 6.45) is 2.94. The van der Waals surface area contributed by atoms with Crippen LogP contribution in [0.1, 0.15) is 31.7 Å². The second kappa shape index (κ2) is 5.09. The largest absolute Gasteiger partial charge is 0.399 e. The highest BCUT2D eigenvalue weighted by atomic mass is 16.5. The van der Waals surface area contributed by atoms with E-state index in [1.54, 1.807) is 0 Å². The highest BCUT2D eigenvalue weighted by Crippen LogP contribution is 2.49. The number of carbonyl (C=O) groups excluding carboxylic acids is 1. The maximum atomic E-state index is 12.9. The SMILES string of the molecule is CC1CN(C(=O)C2(c3ccc(N)cc3)CC2)CCCO1. The van der Waals surface area contributed by atoms with Gasteiger partial charge in [0.05, 0.1) is 11.5 Å². The second-order valence-electron chi connectivity index (χ2n) is 5.99. The molecule has 1 heterocycles. The van der Waals surface area contributed by atoms with Crippen LogP contribution in [0.4, 0.5) is 5.69 Å². The molecule has 1 aromatic rings. The van der Waals surface area contributed by atoms with E-state index in [-0.39, 0.29) is 17.4 Å². The fourth-order valence-corrected chi connectivity index (χ4v) is 3.03. The van der Waals surface area contributed by atoms with Crippen molar-refractivity contribution in [3.63, 3.8) is 0 Å². The average Bonchev–Trinajstić information content (AvgIpc) is 3.24. The minimum atomic E-state index is -0.294. The lowest BCUT2D eigenvalue weighted by Gasteiger charge is -2.27. The fraction of sp³-hybridized carbons (Fsp3) is 0.562. The summed E-state index contributed by atoms with van der Waals surface area (Å²) in [7, 11) is 0. The lowest BCUT2D eigenvalue weighted by molar-refractivity contribution is -0.134. The maximum Gasteiger partial charge on any atom is 0.233 e. The molecule has 2 aliphatic rings. The van der Waals surface area contributed by atoms with Gasteiger partial charge in [-0.1, -0.05) is 12.1 Å². The molecule has 1 saturated heterocycles. The molecule has 0 spiro atoms. The van der Waals surface area contributed by atoms with Crippen molar-refractivity contribution in [2.24, 2.45) is 0 Å². The minimum Gasteiger partial charge on any atom is -0.399 e. The first-order chi connectivity index (χ1) is 9.62. The Morgan fingerprint density at radius 1 is 1.35 bits per heavy atom. The average molecular weight is 274 g/mol. The maximum absolute atomic E-state index is 12.9. The molecule has 20 heavy (non-hydrogen) atoms. The molecule has 2 fully saturated rings. The summed E-state index contributed by atoms with van der Waals surface area (Å²) >= 11 is 0. The number of nitrogens with two attached hydrogens (primary N) is 1. The van der Waals surface area contributed by atoms with Crippen molar-refractivity contribution in [3.8, 4) is 0 Å². The van der Waals surface area contributed by atoms with Gasteiger partial charge in [-0.3, -0.25) is 4.79 Å². The van der Waals surface area contributed by atoms with Crippen molar-refractivity contribution in [1.82, 2.24) is 4.90 Å². The Labute approximate surface area is 119 Å². The Bertz CT molecular complexity index is 494. The summed E-state index contributed by atoms with van der Waals surface area (Å²) in [4.78, 5) is 14.9. The molecule has 1 saturated carbocycles. The standard InChI is InChI=1S/C16H22N2O2/c1-12-11-18(9-2-10-20-12)15(19)16(7-8-16)13-3-5-14(17)6-4-13/h3-6,12H,2,7-11,17H2,1H3. The van der Waals surface area contributed by atoms with E-state index in [1.807, 2.05) is 36.1 Å². The number of hydrogen-bond donors (Lipinski definition) is 1. The number of benzene rings is 1. The molecule has 1 atom stereocenters. The van der Waals surface area contributed by atoms with Crippen LogP contribution in [0, 0.1) is 0 Å². The summed E-state index contributed by atoms with van der Waals surface area (Å²) in [5.74, 6) is 0.264. The zero-order valence-electron chi connectivity index (χ0n) is 12.0. The van der Waals surface area contributed by atoms with Crippen LogP contribution in [0.5, 0.6) is 0 Å². The van der Waals surface area contributed by atoms with E-state index in [9.17, 15) is 4.79 Å². The number of carbonyl (C=O) groups is 1. The van der Waals surface area contributed by atoms with Gasteiger partial charge in [0.2, 0.25) is 5.91 Å². The Kier molecular flexibility index (Phi) is 3.42. The van der Waals surface area contributed by atoms with Gasteiger partial charge in [-0.15, -0.1) is 0 Å². The molecule has 1 amide bonds. The number of anilines is 1. The first-order valence-corrected chi connectivity index (χ1v) is 7.39. The van der Waals surface area contributed by atoms with Crippen LogP contribution in [0.3, 0.4) is 0 Å². The van der Waals surface area contributed by atoms with E-state index < -0.39 is 0 Å². The molecular weight excluding hydrogens is 252 g/mol. The predicted molar refractivity (Wildman–Crippen MR) is 78.4 cm³/mol. The number of nitrogen functional groups attached to an aromatic ring is 1. The van der Waals surface area contributed by atoms with Crippen molar-refractivity contribution in [3.05, 3.63) is 29.8 Å². The van der Waals surface area contributed by atoms with E-state index in [2.05, 4.69) is 0 Å². The van der Waals surface area contributed by atoms with E-state index in [1.165, 1.54) is 0 Å². The molecule has 0 radical (unpaired) electrons. The first-order valence-electron chi connectivity index (χ1n) is 7.39. The van der Waals surface area contributed by atoms with Gasteiger partial charge in [0.1, 0.15) is 0 Å². The quantitative estimate of drug-likeness (QED) is 0.839. The number of nitrogens with zero attached hydrogens (tertiary/aromatic N) is 1. The summed E-state index contributed by atoms with van der Waals surface area (Å²) < 4.78 is 5.63. The molecule has 4 nitrogen and oxygen atoms in total. The fourth-order valence-electron chi connectivity index (χ4n) is 3.03. The smallest absolute Gasteiger partial charge is 0.233 e. The summed E-state index contributed by atoms with van der Waals surface area (Å²) in [5, 5.41) is 0. The van der Waals surface area contributed by atoms with Gasteiger partial charge in [0.25, 0.3) is 0 Å². The Hall–Kier alpha value is -1.55. The van der Waals surface area contributed by atoms with Crippen LogP contribution in [-0.2, 0) is 14.9 Å². The highest BCUT2D eigenvalue weighted by molar-refractivity contribution is 5.91. The first kappa shape index (κ1) is 13.4. The molecule has 1 aromatic carbocycles. The molecule has 0 bridgehead atoms. The predicted octanol–water partition coefficient (Wildman–Crippen LogP) is 1.94. The summed E-state index contributed by atoms with van der Waals surface area (Å²) in [6, 6.07) is 7.77. The third-order valence-corrected chi connectivity index (χ3v) is 4.36. The third kappa shape index (κ3) is 2.40. The van der Waals surface area contributed by atoms with Gasteiger partial charge in [-0.05, 0) is 43.9 Å². The van der Waals surface area contributed by atoms with Gasteiger partial charge >= 0.3 is 0 Å². The van der Waals surface area contributed by atoms with E-state index in [0.29, 0.717) is 6.54 Å². The van der Waals surface area contributed by atoms with Crippen LogP contribution in [-0.4, -0.2) is 36.6 Å². The Morgan fingerprint density at radius 2 is 2.05 bits per heavy atom. The molecule has 1 unspecified atom stereocenters. The number of amides is 1. The molecular formula is C16H22N2O2. The van der Waals surface area contributed by atoms with E-state index >= 15 is 0 Å². The summed E-state index contributed by atoms with van der Waals surface area (Å²) in [6.45, 7) is 4.30. The van der Waals surface area contributed by atoms with Crippen LogP contribution in [0.2, 0.25) is 0 Å². The van der Waals surface area contributed by atoms with E-state index in [0.717, 1.165) is 43.7 Å². The highest BCUT2D eigenvalue weighted by Gasteiger charge is 2.53. The number of ether oxygens (including phenoxy) is 1. The monoisotopic (exact) mass is 274 g/mol. The number of hydrogen-bond acceptors (Lipinski definition) is 3. The van der Waals surface area contributed by atoms with Crippen LogP contribution in [0.15, 0.2) is 24.3 Å². The molecule has 108 valence electrons. The molecule has 0 aromatic heterocycles. The van der Waals surface area contributed by atoms with Crippen molar-refractivity contribution < 1.29 is 9.53 Å². The summed E-state index contributed by atoms with van der Waals surface area (Å²) in [5.41, 5.74) is 7.29. The minimum absolute atomic E-state index is 0.128. The normalized spacial score (nSPS) is 25.1. The molecule has 3 rings (SSSR count). The number of rotatable bonds is 2. The van der Waals surface area contributed by atoms with Gasteiger partial charge in [-0.2, -0.15) is 0 Å². The van der Waals surface area contributed by atoms with Crippen LogP contribution in [0.25, 0.3) is 0 Å². The van der Waals surface area contributed by atoms with Gasteiger partial charge in [-0.25, -0.2) is 0 Å². The third-order valence-electron chi connectivity index (χ3n) is 4.36. The van der Waals surface area contributed by atoms with Crippen molar-refractivity contribution in [1.29, 1.82) is 0 Å². The zero-order valence-corrected chi connectivity index (χ0v) is 12.0. The van der Waals surface area contributed by atoms with Crippen molar-refractivity contribution in [2.45, 2.75) is 37.7 Å². The lowest BCUT2D eigenvalue weighted by Crippen LogP contribution is -2.42. The van der Waals surface area contributed by atoms with Gasteiger partial charge < -0.3 is 15.4 Å². The lowest BCUT2D eigenvalue weighted by atomic mass is 9.94. The topological polar surface area (TPSA) is 55.6 Å². The zero-order chi connectivity index (χ0) is 14.2. The van der Waals surface area contributed by atoms with E-state index in [4.69, 9.17) is 10.5 Å². The second-order valence-corrected chi connectivity index (χ2v) is 5.99. The molecule has 1 aliphatic carbocycles. The van der Waals surface area contributed by atoms with Crippen molar-refractivity contribution >= 4 is 11.6 Å². The van der Waals surface area contributed by atoms with Gasteiger partial charge in [0, 0.05) is 25.4 Å². The molecule has 1 aliphatic heterocycles. The van der Waals surface area contributed by atoms with Crippen molar-refractivity contribution in [2.75, 3.05) is 25.4 Å². The van der Waals surface area contributed by atoms with Crippen LogP contribution < -0.4 is 5.73 Å².